The van der Waals surface area contributed by atoms with Gasteiger partial charge in [-0.3, -0.25) is 0 Å². The van der Waals surface area contributed by atoms with Crippen molar-refractivity contribution in [1.29, 1.82) is 0 Å². The molecule has 0 bridgehead atoms. The Balaban J connectivity index is 2.43. The molecular formula is C11H21N3O2. The minimum Gasteiger partial charge on any atom is -0.383 e. The van der Waals surface area contributed by atoms with Crippen LogP contribution in [0.1, 0.15) is 31.5 Å². The Morgan fingerprint density at radius 1 is 1.50 bits per heavy atom. The van der Waals surface area contributed by atoms with Crippen molar-refractivity contribution >= 4 is 0 Å². The molecule has 0 aliphatic carbocycles. The predicted molar refractivity (Wildman–Crippen MR) is 61.3 cm³/mol. The summed E-state index contributed by atoms with van der Waals surface area (Å²) >= 11 is 0. The first-order chi connectivity index (χ1) is 7.80. The normalized spacial score (nSPS) is 12.9. The maximum absolute atomic E-state index is 5.18. The molecule has 0 saturated heterocycles. The van der Waals surface area contributed by atoms with E-state index >= 15 is 0 Å². The van der Waals surface area contributed by atoms with Gasteiger partial charge in [-0.25, -0.2) is 0 Å². The summed E-state index contributed by atoms with van der Waals surface area (Å²) in [4.78, 5) is 4.34. The lowest BCUT2D eigenvalue weighted by Gasteiger charge is -2.11. The van der Waals surface area contributed by atoms with Gasteiger partial charge < -0.3 is 14.6 Å². The molecule has 1 aromatic rings. The van der Waals surface area contributed by atoms with E-state index in [9.17, 15) is 0 Å². The average molecular weight is 227 g/mol. The number of nitrogens with one attached hydrogen (secondary N) is 1. The molecular weight excluding hydrogens is 206 g/mol. The topological polar surface area (TPSA) is 60.2 Å². The van der Waals surface area contributed by atoms with Gasteiger partial charge in [0, 0.05) is 26.0 Å². The van der Waals surface area contributed by atoms with Crippen LogP contribution in [0.4, 0.5) is 0 Å². The molecule has 0 spiro atoms. The molecule has 92 valence electrons. The van der Waals surface area contributed by atoms with Crippen molar-refractivity contribution in [2.24, 2.45) is 0 Å². The molecule has 1 atom stereocenters. The van der Waals surface area contributed by atoms with Gasteiger partial charge >= 0.3 is 0 Å². The molecule has 0 aromatic carbocycles. The van der Waals surface area contributed by atoms with Crippen LogP contribution in [0, 0.1) is 0 Å². The highest BCUT2D eigenvalue weighted by atomic mass is 16.5. The van der Waals surface area contributed by atoms with Crippen molar-refractivity contribution in [2.75, 3.05) is 20.8 Å². The molecule has 1 rings (SSSR count). The third kappa shape index (κ3) is 4.28. The van der Waals surface area contributed by atoms with Crippen LogP contribution >= 0.6 is 0 Å². The van der Waals surface area contributed by atoms with Crippen LogP contribution in [-0.2, 0) is 17.6 Å². The summed E-state index contributed by atoms with van der Waals surface area (Å²) in [5.41, 5.74) is 0. The van der Waals surface area contributed by atoms with Crippen molar-refractivity contribution in [3.8, 4) is 0 Å². The maximum atomic E-state index is 5.18. The monoisotopic (exact) mass is 227 g/mol. The highest BCUT2D eigenvalue weighted by Crippen LogP contribution is 2.04. The molecule has 0 saturated carbocycles. The summed E-state index contributed by atoms with van der Waals surface area (Å²) in [6.07, 6.45) is 3.86. The number of hydrogen-bond donors (Lipinski definition) is 1. The SMILES string of the molecule is CCCCc1noc(CC(COC)NC)n1. The first-order valence-electron chi connectivity index (χ1n) is 5.77. The molecule has 0 aliphatic rings. The van der Waals surface area contributed by atoms with Crippen LogP contribution in [0.25, 0.3) is 0 Å². The molecule has 5 nitrogen and oxygen atoms in total. The molecule has 0 amide bonds. The van der Waals surface area contributed by atoms with Gasteiger partial charge in [0.25, 0.3) is 0 Å². The standard InChI is InChI=1S/C11H21N3O2/c1-4-5-6-10-13-11(16-14-10)7-9(12-2)8-15-3/h9,12H,4-8H2,1-3H3. The number of hydrogen-bond acceptors (Lipinski definition) is 5. The lowest BCUT2D eigenvalue weighted by molar-refractivity contribution is 0.165. The average Bonchev–Trinajstić information content (AvgIpc) is 2.73. The summed E-state index contributed by atoms with van der Waals surface area (Å²) in [5, 5.41) is 7.10. The van der Waals surface area contributed by atoms with Crippen molar-refractivity contribution in [1.82, 2.24) is 15.5 Å². The van der Waals surface area contributed by atoms with Crippen LogP contribution in [0.2, 0.25) is 0 Å². The Labute approximate surface area is 96.6 Å². The van der Waals surface area contributed by atoms with Crippen LogP contribution < -0.4 is 5.32 Å². The van der Waals surface area contributed by atoms with Crippen molar-refractivity contribution in [2.45, 2.75) is 38.6 Å². The van der Waals surface area contributed by atoms with E-state index < -0.39 is 0 Å². The van der Waals surface area contributed by atoms with Gasteiger partial charge in [0.05, 0.1) is 6.61 Å². The minimum absolute atomic E-state index is 0.226. The first-order valence-corrected chi connectivity index (χ1v) is 5.77. The number of aromatic nitrogens is 2. The molecule has 0 radical (unpaired) electrons. The highest BCUT2D eigenvalue weighted by Gasteiger charge is 2.12. The van der Waals surface area contributed by atoms with Gasteiger partial charge in [-0.2, -0.15) is 4.98 Å². The number of methoxy groups -OCH3 is 1. The van der Waals surface area contributed by atoms with E-state index in [1.165, 1.54) is 0 Å². The second kappa shape index (κ2) is 7.35. The van der Waals surface area contributed by atoms with E-state index in [4.69, 9.17) is 9.26 Å². The van der Waals surface area contributed by atoms with Gasteiger partial charge in [0.2, 0.25) is 5.89 Å². The van der Waals surface area contributed by atoms with E-state index in [2.05, 4.69) is 22.4 Å². The molecule has 1 N–H and O–H groups in total. The van der Waals surface area contributed by atoms with E-state index in [1.54, 1.807) is 7.11 Å². The fourth-order valence-electron chi connectivity index (χ4n) is 1.47. The van der Waals surface area contributed by atoms with Gasteiger partial charge in [-0.05, 0) is 13.5 Å². The zero-order valence-electron chi connectivity index (χ0n) is 10.3. The molecule has 1 aromatic heterocycles. The zero-order chi connectivity index (χ0) is 11.8. The highest BCUT2D eigenvalue weighted by molar-refractivity contribution is 4.89. The second-order valence-corrected chi connectivity index (χ2v) is 3.85. The van der Waals surface area contributed by atoms with Gasteiger partial charge in [-0.1, -0.05) is 18.5 Å². The molecule has 0 fully saturated rings. The molecule has 1 heterocycles. The Kier molecular flexibility index (Phi) is 6.03. The fraction of sp³-hybridized carbons (Fsp3) is 0.818. The number of nitrogens with zero attached hydrogens (tertiary/aromatic N) is 2. The first kappa shape index (κ1) is 13.1. The lowest BCUT2D eigenvalue weighted by Crippen LogP contribution is -2.32. The molecule has 5 heteroatoms. The van der Waals surface area contributed by atoms with Crippen molar-refractivity contribution < 1.29 is 9.26 Å². The molecule has 16 heavy (non-hydrogen) atoms. The van der Waals surface area contributed by atoms with E-state index in [1.807, 2.05) is 7.05 Å². The predicted octanol–water partition coefficient (Wildman–Crippen LogP) is 1.19. The van der Waals surface area contributed by atoms with Crippen molar-refractivity contribution in [3.63, 3.8) is 0 Å². The van der Waals surface area contributed by atoms with E-state index in [-0.39, 0.29) is 6.04 Å². The summed E-state index contributed by atoms with van der Waals surface area (Å²) in [6.45, 7) is 2.79. The third-order valence-electron chi connectivity index (χ3n) is 2.46. The second-order valence-electron chi connectivity index (χ2n) is 3.85. The minimum atomic E-state index is 0.226. The van der Waals surface area contributed by atoms with E-state index in [0.29, 0.717) is 18.9 Å². The van der Waals surface area contributed by atoms with E-state index in [0.717, 1.165) is 25.1 Å². The largest absolute Gasteiger partial charge is 0.383 e. The van der Waals surface area contributed by atoms with Gasteiger partial charge in [-0.15, -0.1) is 0 Å². The quantitative estimate of drug-likeness (QED) is 0.723. The smallest absolute Gasteiger partial charge is 0.228 e. The Hall–Kier alpha value is -0.940. The lowest BCUT2D eigenvalue weighted by atomic mass is 10.2. The number of likely N-dealkylation sites (N-methyl/N-ethyl adjacent to an activating group) is 1. The van der Waals surface area contributed by atoms with Crippen LogP contribution in [0.5, 0.6) is 0 Å². The Bertz CT molecular complexity index is 289. The Morgan fingerprint density at radius 3 is 2.94 bits per heavy atom. The number of unbranched alkanes of at least 4 members (excludes halogenated alkanes) is 1. The van der Waals surface area contributed by atoms with Gasteiger partial charge in [0.1, 0.15) is 0 Å². The van der Waals surface area contributed by atoms with Crippen LogP contribution in [-0.4, -0.2) is 36.9 Å². The third-order valence-corrected chi connectivity index (χ3v) is 2.46. The Morgan fingerprint density at radius 2 is 2.31 bits per heavy atom. The maximum Gasteiger partial charge on any atom is 0.228 e. The fourth-order valence-corrected chi connectivity index (χ4v) is 1.47. The number of aryl methyl sites for hydroxylation is 1. The summed E-state index contributed by atoms with van der Waals surface area (Å²) in [5.74, 6) is 1.49. The molecule has 0 aliphatic heterocycles. The van der Waals surface area contributed by atoms with Crippen LogP contribution in [0.15, 0.2) is 4.52 Å². The number of ether oxygens (including phenoxy) is 1. The zero-order valence-corrected chi connectivity index (χ0v) is 10.3. The van der Waals surface area contributed by atoms with Crippen molar-refractivity contribution in [3.05, 3.63) is 11.7 Å². The summed E-state index contributed by atoms with van der Waals surface area (Å²) in [6, 6.07) is 0.226. The summed E-state index contributed by atoms with van der Waals surface area (Å²) < 4.78 is 10.3. The summed E-state index contributed by atoms with van der Waals surface area (Å²) in [7, 11) is 3.59. The molecule has 1 unspecified atom stereocenters. The van der Waals surface area contributed by atoms with Gasteiger partial charge in [0.15, 0.2) is 5.82 Å². The van der Waals surface area contributed by atoms with Crippen LogP contribution in [0.3, 0.4) is 0 Å². The number of rotatable bonds is 8.